The van der Waals surface area contributed by atoms with E-state index in [9.17, 15) is 0 Å². The number of aromatic nitrogens is 3. The van der Waals surface area contributed by atoms with E-state index < -0.39 is 0 Å². The number of benzene rings is 7. The van der Waals surface area contributed by atoms with Crippen molar-refractivity contribution in [2.45, 2.75) is 0 Å². The summed E-state index contributed by atoms with van der Waals surface area (Å²) in [6.07, 6.45) is 3.56. The van der Waals surface area contributed by atoms with Crippen molar-refractivity contribution in [3.63, 3.8) is 0 Å². The molecule has 43 heavy (non-hydrogen) atoms. The lowest BCUT2D eigenvalue weighted by molar-refractivity contribution is 1.18. The highest BCUT2D eigenvalue weighted by atomic mass is 15.0. The number of para-hydroxylation sites is 2. The maximum atomic E-state index is 4.75. The van der Waals surface area contributed by atoms with Gasteiger partial charge in [0.05, 0.1) is 22.1 Å². The fraction of sp³-hybridized carbons (Fsp3) is 0. The van der Waals surface area contributed by atoms with Crippen LogP contribution in [-0.2, 0) is 0 Å². The van der Waals surface area contributed by atoms with Crippen LogP contribution < -0.4 is 0 Å². The second kappa shape index (κ2) is 9.37. The first kappa shape index (κ1) is 23.9. The van der Waals surface area contributed by atoms with E-state index in [1.54, 1.807) is 12.4 Å². The van der Waals surface area contributed by atoms with Gasteiger partial charge in [-0.2, -0.15) is 0 Å². The Morgan fingerprint density at radius 1 is 0.349 bits per heavy atom. The predicted molar refractivity (Wildman–Crippen MR) is 180 cm³/mol. The maximum Gasteiger partial charge on any atom is 0.0971 e. The van der Waals surface area contributed by atoms with Crippen molar-refractivity contribution in [2.24, 2.45) is 0 Å². The summed E-state index contributed by atoms with van der Waals surface area (Å²) in [5.74, 6) is 0. The number of nitrogens with zero attached hydrogens (tertiary/aromatic N) is 3. The Balaban J connectivity index is 1.13. The monoisotopic (exact) mass is 547 g/mol. The van der Waals surface area contributed by atoms with Gasteiger partial charge in [0.25, 0.3) is 0 Å². The van der Waals surface area contributed by atoms with E-state index in [4.69, 9.17) is 9.97 Å². The summed E-state index contributed by atoms with van der Waals surface area (Å²) in [6.45, 7) is 0. The summed E-state index contributed by atoms with van der Waals surface area (Å²) in [5.41, 5.74) is 10.2. The molecule has 0 fully saturated rings. The Morgan fingerprint density at radius 3 is 1.53 bits per heavy atom. The lowest BCUT2D eigenvalue weighted by Gasteiger charge is -2.12. The van der Waals surface area contributed by atoms with E-state index in [2.05, 4.69) is 144 Å². The number of fused-ring (bicyclic) bond motifs is 9. The highest BCUT2D eigenvalue weighted by Crippen LogP contribution is 2.37. The molecule has 9 aromatic rings. The first-order valence-corrected chi connectivity index (χ1v) is 14.6. The number of hydrogen-bond donors (Lipinski definition) is 0. The van der Waals surface area contributed by atoms with Crippen LogP contribution in [0.3, 0.4) is 0 Å². The molecule has 0 amide bonds. The summed E-state index contributed by atoms with van der Waals surface area (Å²) in [7, 11) is 0. The Hall–Kier alpha value is -5.80. The van der Waals surface area contributed by atoms with Crippen LogP contribution in [0, 0.1) is 0 Å². The third-order valence-electron chi connectivity index (χ3n) is 8.68. The van der Waals surface area contributed by atoms with Crippen LogP contribution in [0.15, 0.2) is 152 Å². The molecule has 0 spiro atoms. The molecule has 9 rings (SSSR count). The van der Waals surface area contributed by atoms with Crippen molar-refractivity contribution in [3.05, 3.63) is 152 Å². The third-order valence-corrected chi connectivity index (χ3v) is 8.68. The van der Waals surface area contributed by atoms with Gasteiger partial charge in [-0.3, -0.25) is 9.97 Å². The molecule has 200 valence electrons. The molecule has 2 aromatic heterocycles. The molecule has 0 saturated carbocycles. The summed E-state index contributed by atoms with van der Waals surface area (Å²) in [4.78, 5) is 9.45. The van der Waals surface area contributed by atoms with Gasteiger partial charge < -0.3 is 4.57 Å². The Kier molecular flexibility index (Phi) is 5.20. The first-order valence-electron chi connectivity index (χ1n) is 14.6. The molecule has 0 aliphatic heterocycles. The van der Waals surface area contributed by atoms with Crippen molar-refractivity contribution in [2.75, 3.05) is 0 Å². The van der Waals surface area contributed by atoms with Crippen LogP contribution in [0.25, 0.3) is 82.3 Å². The molecule has 0 bridgehead atoms. The zero-order valence-electron chi connectivity index (χ0n) is 23.3. The van der Waals surface area contributed by atoms with Gasteiger partial charge in [0.2, 0.25) is 0 Å². The van der Waals surface area contributed by atoms with Crippen LogP contribution in [0.5, 0.6) is 0 Å². The van der Waals surface area contributed by atoms with Crippen molar-refractivity contribution < 1.29 is 0 Å². The van der Waals surface area contributed by atoms with E-state index in [0.717, 1.165) is 27.5 Å². The van der Waals surface area contributed by atoms with Crippen molar-refractivity contribution in [1.82, 2.24) is 14.5 Å². The molecule has 7 aromatic carbocycles. The number of hydrogen-bond acceptors (Lipinski definition) is 2. The molecule has 2 heterocycles. The lowest BCUT2D eigenvalue weighted by Crippen LogP contribution is -1.94. The van der Waals surface area contributed by atoms with Crippen LogP contribution in [-0.4, -0.2) is 14.5 Å². The number of rotatable bonds is 3. The molecule has 0 N–H and O–H groups in total. The summed E-state index contributed by atoms with van der Waals surface area (Å²) < 4.78 is 2.37. The minimum atomic E-state index is 0.941. The predicted octanol–water partition coefficient (Wildman–Crippen LogP) is 10.4. The summed E-state index contributed by atoms with van der Waals surface area (Å²) in [6, 6.07) is 50.2. The van der Waals surface area contributed by atoms with E-state index in [1.165, 1.54) is 54.8 Å². The normalized spacial score (nSPS) is 11.7. The average molecular weight is 548 g/mol. The van der Waals surface area contributed by atoms with Gasteiger partial charge >= 0.3 is 0 Å². The summed E-state index contributed by atoms with van der Waals surface area (Å²) in [5, 5.41) is 7.21. The van der Waals surface area contributed by atoms with Crippen LogP contribution in [0.4, 0.5) is 0 Å². The minimum Gasteiger partial charge on any atom is -0.309 e. The molecule has 0 atom stereocenters. The van der Waals surface area contributed by atoms with Crippen molar-refractivity contribution in [3.8, 4) is 27.9 Å². The second-order valence-electron chi connectivity index (χ2n) is 11.1. The highest BCUT2D eigenvalue weighted by molar-refractivity contribution is 6.23. The second-order valence-corrected chi connectivity index (χ2v) is 11.1. The van der Waals surface area contributed by atoms with Crippen LogP contribution >= 0.6 is 0 Å². The smallest absolute Gasteiger partial charge is 0.0971 e. The Morgan fingerprint density at radius 2 is 0.860 bits per heavy atom. The van der Waals surface area contributed by atoms with Gasteiger partial charge in [0.15, 0.2) is 0 Å². The zero-order chi connectivity index (χ0) is 28.3. The van der Waals surface area contributed by atoms with E-state index in [-0.39, 0.29) is 0 Å². The van der Waals surface area contributed by atoms with Gasteiger partial charge in [-0.15, -0.1) is 0 Å². The average Bonchev–Trinajstić information content (AvgIpc) is 3.43. The molecule has 0 saturated heterocycles. The largest absolute Gasteiger partial charge is 0.309 e. The van der Waals surface area contributed by atoms with Crippen molar-refractivity contribution >= 4 is 54.4 Å². The molecule has 0 aliphatic carbocycles. The standard InChI is InChI=1S/C40H25N3/c1-2-13-35-31(10-1)32-21-20-29(25-36(32)40-39(35)41-22-23-42-40)27-18-16-26(17-19-27)28-8-7-9-30(24-28)43-37-14-5-3-11-33(37)34-12-4-6-15-38(34)43/h1-25H. The highest BCUT2D eigenvalue weighted by Gasteiger charge is 2.13. The van der Waals surface area contributed by atoms with Gasteiger partial charge in [0.1, 0.15) is 0 Å². The molecule has 3 heteroatoms. The fourth-order valence-electron chi connectivity index (χ4n) is 6.69. The molecule has 3 nitrogen and oxygen atoms in total. The van der Waals surface area contributed by atoms with Gasteiger partial charge in [-0.25, -0.2) is 0 Å². The molecular weight excluding hydrogens is 522 g/mol. The molecular formula is C40H25N3. The van der Waals surface area contributed by atoms with Crippen LogP contribution in [0.2, 0.25) is 0 Å². The summed E-state index contributed by atoms with van der Waals surface area (Å²) >= 11 is 0. The SMILES string of the molecule is c1cc(-c2ccc(-c3ccc4c5ccccc5c5nccnc5c4c3)cc2)cc(-n2c3ccccc3c3ccccc32)c1. The maximum absolute atomic E-state index is 4.75. The zero-order valence-corrected chi connectivity index (χ0v) is 23.3. The molecule has 0 unspecified atom stereocenters. The van der Waals surface area contributed by atoms with Gasteiger partial charge in [-0.1, -0.05) is 109 Å². The van der Waals surface area contributed by atoms with E-state index in [1.807, 2.05) is 0 Å². The van der Waals surface area contributed by atoms with Gasteiger partial charge in [-0.05, 0) is 63.4 Å². The molecule has 0 radical (unpaired) electrons. The Bertz CT molecular complexity index is 2420. The van der Waals surface area contributed by atoms with Crippen LogP contribution in [0.1, 0.15) is 0 Å². The topological polar surface area (TPSA) is 30.7 Å². The first-order chi connectivity index (χ1) is 21.3. The lowest BCUT2D eigenvalue weighted by atomic mass is 9.95. The fourth-order valence-corrected chi connectivity index (χ4v) is 6.69. The Labute approximate surface area is 248 Å². The van der Waals surface area contributed by atoms with Crippen molar-refractivity contribution in [1.29, 1.82) is 0 Å². The van der Waals surface area contributed by atoms with Gasteiger partial charge in [0, 0.05) is 39.6 Å². The van der Waals surface area contributed by atoms with E-state index in [0.29, 0.717) is 0 Å². The quantitative estimate of drug-likeness (QED) is 0.206. The van der Waals surface area contributed by atoms with E-state index >= 15 is 0 Å². The molecule has 0 aliphatic rings. The minimum absolute atomic E-state index is 0.941. The third kappa shape index (κ3) is 3.68.